The van der Waals surface area contributed by atoms with E-state index in [2.05, 4.69) is 29.0 Å². The lowest BCUT2D eigenvalue weighted by Gasteiger charge is -2.09. The van der Waals surface area contributed by atoms with E-state index in [1.807, 2.05) is 30.3 Å². The molecule has 0 saturated carbocycles. The van der Waals surface area contributed by atoms with E-state index in [0.29, 0.717) is 21.6 Å². The molecule has 9 heteroatoms. The van der Waals surface area contributed by atoms with Crippen LogP contribution in [0.3, 0.4) is 0 Å². The lowest BCUT2D eigenvalue weighted by molar-refractivity contribution is 1.18. The highest BCUT2D eigenvalue weighted by Crippen LogP contribution is 2.35. The third-order valence-electron chi connectivity index (χ3n) is 4.19. The second-order valence-corrected chi connectivity index (χ2v) is 7.36. The van der Waals surface area contributed by atoms with E-state index in [-0.39, 0.29) is 0 Å². The molecule has 0 aliphatic heterocycles. The molecule has 0 fully saturated rings. The number of anilines is 2. The first-order valence-electron chi connectivity index (χ1n) is 8.24. The minimum atomic E-state index is 0.450. The molecule has 0 bridgehead atoms. The Morgan fingerprint density at radius 2 is 1.68 bits per heavy atom. The summed E-state index contributed by atoms with van der Waals surface area (Å²) in [5.74, 6) is 0.450. The van der Waals surface area contributed by atoms with Crippen LogP contribution in [0.5, 0.6) is 0 Å². The zero-order valence-electron chi connectivity index (χ0n) is 14.1. The van der Waals surface area contributed by atoms with E-state index >= 15 is 0 Å². The number of nitrogens with one attached hydrogen (secondary N) is 1. The maximum Gasteiger partial charge on any atom is 0.229 e. The molecule has 3 aromatic heterocycles. The van der Waals surface area contributed by atoms with Crippen LogP contribution in [0.1, 0.15) is 0 Å². The minimum Gasteiger partial charge on any atom is -0.324 e. The Kier molecular flexibility index (Phi) is 4.27. The number of benzene rings is 2. The molecule has 0 unspecified atom stereocenters. The molecule has 0 atom stereocenters. The van der Waals surface area contributed by atoms with Crippen LogP contribution < -0.4 is 5.32 Å². The van der Waals surface area contributed by atoms with E-state index in [1.54, 1.807) is 24.5 Å². The predicted molar refractivity (Wildman–Crippen MR) is 113 cm³/mol. The van der Waals surface area contributed by atoms with Crippen molar-refractivity contribution >= 4 is 68.6 Å². The van der Waals surface area contributed by atoms with Crippen LogP contribution in [0, 0.1) is 0 Å². The van der Waals surface area contributed by atoms with Gasteiger partial charge in [0.2, 0.25) is 5.95 Å². The van der Waals surface area contributed by atoms with Crippen molar-refractivity contribution in [3.63, 3.8) is 0 Å². The van der Waals surface area contributed by atoms with Crippen molar-refractivity contribution in [1.29, 1.82) is 0 Å². The van der Waals surface area contributed by atoms with Gasteiger partial charge in [-0.15, -0.1) is 0 Å². The monoisotopic (exact) mass is 424 g/mol. The number of pyridine rings is 1. The molecule has 0 saturated heterocycles. The van der Waals surface area contributed by atoms with Crippen molar-refractivity contribution < 1.29 is 0 Å². The SMILES string of the molecule is Clc1cccc(Cl)c1-c1cnc2nc(Nc3ccc4nsnc4c3)ncc2c1. The summed E-state index contributed by atoms with van der Waals surface area (Å²) in [6.45, 7) is 0. The van der Waals surface area contributed by atoms with Crippen molar-refractivity contribution in [2.24, 2.45) is 0 Å². The van der Waals surface area contributed by atoms with Gasteiger partial charge >= 0.3 is 0 Å². The zero-order chi connectivity index (χ0) is 19.1. The van der Waals surface area contributed by atoms with Gasteiger partial charge in [0.1, 0.15) is 11.0 Å². The van der Waals surface area contributed by atoms with Gasteiger partial charge in [-0.1, -0.05) is 29.3 Å². The summed E-state index contributed by atoms with van der Waals surface area (Å²) in [5.41, 5.74) is 4.65. The second kappa shape index (κ2) is 6.94. The van der Waals surface area contributed by atoms with E-state index in [1.165, 1.54) is 11.7 Å². The van der Waals surface area contributed by atoms with Crippen LogP contribution in [0.15, 0.2) is 54.9 Å². The normalized spacial score (nSPS) is 11.2. The summed E-state index contributed by atoms with van der Waals surface area (Å²) in [5, 5.41) is 5.10. The van der Waals surface area contributed by atoms with Crippen molar-refractivity contribution in [1.82, 2.24) is 23.7 Å². The summed E-state index contributed by atoms with van der Waals surface area (Å²) in [4.78, 5) is 13.3. The van der Waals surface area contributed by atoms with Crippen molar-refractivity contribution in [3.8, 4) is 11.1 Å². The Balaban J connectivity index is 1.50. The van der Waals surface area contributed by atoms with Gasteiger partial charge in [0, 0.05) is 44.6 Å². The summed E-state index contributed by atoms with van der Waals surface area (Å²) in [6.07, 6.45) is 3.42. The van der Waals surface area contributed by atoms with Crippen LogP contribution in [-0.2, 0) is 0 Å². The highest BCUT2D eigenvalue weighted by atomic mass is 35.5. The molecule has 0 spiro atoms. The standard InChI is InChI=1S/C19H10Cl2N6S/c20-13-2-1-3-14(21)17(13)10-6-11-9-23-19(25-18(11)22-8-10)24-12-4-5-15-16(7-12)27-28-26-15/h1-9H,(H,22,23,24,25). The van der Waals surface area contributed by atoms with Crippen LogP contribution in [0.25, 0.3) is 33.2 Å². The number of hydrogen-bond donors (Lipinski definition) is 1. The Morgan fingerprint density at radius 3 is 2.54 bits per heavy atom. The third-order valence-corrected chi connectivity index (χ3v) is 5.38. The topological polar surface area (TPSA) is 76.5 Å². The van der Waals surface area contributed by atoms with Crippen LogP contribution in [0.4, 0.5) is 11.6 Å². The van der Waals surface area contributed by atoms with Gasteiger partial charge in [0.15, 0.2) is 5.65 Å². The molecule has 1 N–H and O–H groups in total. The van der Waals surface area contributed by atoms with Gasteiger partial charge < -0.3 is 5.32 Å². The predicted octanol–water partition coefficient (Wildman–Crippen LogP) is 5.75. The first-order valence-corrected chi connectivity index (χ1v) is 9.72. The molecule has 28 heavy (non-hydrogen) atoms. The lowest BCUT2D eigenvalue weighted by Crippen LogP contribution is -1.98. The summed E-state index contributed by atoms with van der Waals surface area (Å²) < 4.78 is 8.44. The molecule has 2 aromatic carbocycles. The molecule has 3 heterocycles. The Bertz CT molecular complexity index is 1320. The molecule has 0 aliphatic carbocycles. The number of hydrogen-bond acceptors (Lipinski definition) is 7. The fourth-order valence-electron chi connectivity index (χ4n) is 2.88. The van der Waals surface area contributed by atoms with E-state index < -0.39 is 0 Å². The summed E-state index contributed by atoms with van der Waals surface area (Å²) in [7, 11) is 0. The van der Waals surface area contributed by atoms with Crippen molar-refractivity contribution in [2.45, 2.75) is 0 Å². The molecule has 136 valence electrons. The van der Waals surface area contributed by atoms with Crippen molar-refractivity contribution in [2.75, 3.05) is 5.32 Å². The quantitative estimate of drug-likeness (QED) is 0.397. The van der Waals surface area contributed by atoms with Gasteiger partial charge in [-0.05, 0) is 36.4 Å². The average Bonchev–Trinajstić information content (AvgIpc) is 3.16. The molecule has 0 amide bonds. The molecule has 0 radical (unpaired) electrons. The maximum atomic E-state index is 6.30. The summed E-state index contributed by atoms with van der Waals surface area (Å²) >= 11 is 13.8. The van der Waals surface area contributed by atoms with Crippen molar-refractivity contribution in [3.05, 3.63) is 64.9 Å². The Morgan fingerprint density at radius 1 is 0.857 bits per heavy atom. The van der Waals surface area contributed by atoms with E-state index in [4.69, 9.17) is 23.2 Å². The fourth-order valence-corrected chi connectivity index (χ4v) is 4.02. The molecular weight excluding hydrogens is 415 g/mol. The third kappa shape index (κ3) is 3.13. The summed E-state index contributed by atoms with van der Waals surface area (Å²) in [6, 6.07) is 13.0. The van der Waals surface area contributed by atoms with E-state index in [0.717, 1.165) is 33.2 Å². The van der Waals surface area contributed by atoms with E-state index in [9.17, 15) is 0 Å². The first kappa shape index (κ1) is 17.2. The molecule has 5 aromatic rings. The highest BCUT2D eigenvalue weighted by molar-refractivity contribution is 7.00. The number of rotatable bonds is 3. The van der Waals surface area contributed by atoms with Gasteiger partial charge in [-0.2, -0.15) is 13.7 Å². The number of nitrogens with zero attached hydrogens (tertiary/aromatic N) is 5. The minimum absolute atomic E-state index is 0.450. The number of fused-ring (bicyclic) bond motifs is 2. The van der Waals surface area contributed by atoms with Crippen LogP contribution in [0.2, 0.25) is 10.0 Å². The fraction of sp³-hybridized carbons (Fsp3) is 0. The van der Waals surface area contributed by atoms with Gasteiger partial charge in [-0.25, -0.2) is 9.97 Å². The van der Waals surface area contributed by atoms with Crippen LogP contribution in [-0.4, -0.2) is 23.7 Å². The second-order valence-electron chi connectivity index (χ2n) is 6.02. The highest BCUT2D eigenvalue weighted by Gasteiger charge is 2.11. The number of aromatic nitrogens is 5. The maximum absolute atomic E-state index is 6.30. The molecule has 0 aliphatic rings. The molecule has 6 nitrogen and oxygen atoms in total. The number of halogens is 2. The Hall–Kier alpha value is -2.87. The largest absolute Gasteiger partial charge is 0.324 e. The van der Waals surface area contributed by atoms with Gasteiger partial charge in [0.05, 0.1) is 11.7 Å². The average molecular weight is 425 g/mol. The van der Waals surface area contributed by atoms with Crippen LogP contribution >= 0.6 is 34.9 Å². The Labute approximate surface area is 173 Å². The molecular formula is C19H10Cl2N6S. The molecule has 5 rings (SSSR count). The van der Waals surface area contributed by atoms with Gasteiger partial charge in [-0.3, -0.25) is 0 Å². The van der Waals surface area contributed by atoms with Gasteiger partial charge in [0.25, 0.3) is 0 Å². The zero-order valence-corrected chi connectivity index (χ0v) is 16.4. The lowest BCUT2D eigenvalue weighted by atomic mass is 10.1. The first-order chi connectivity index (χ1) is 13.7. The smallest absolute Gasteiger partial charge is 0.229 e.